The quantitative estimate of drug-likeness (QED) is 0.755. The summed E-state index contributed by atoms with van der Waals surface area (Å²) in [5, 5.41) is 0. The average Bonchev–Trinajstić information content (AvgIpc) is 2.30. The second kappa shape index (κ2) is 4.00. The highest BCUT2D eigenvalue weighted by Crippen LogP contribution is 2.23. The van der Waals surface area contributed by atoms with Crippen LogP contribution in [0.25, 0.3) is 0 Å². The van der Waals surface area contributed by atoms with Crippen LogP contribution in [0.2, 0.25) is 0 Å². The number of nitrogens with zero attached hydrogens (tertiary/aromatic N) is 2. The summed E-state index contributed by atoms with van der Waals surface area (Å²) in [7, 11) is 2.01. The van der Waals surface area contributed by atoms with Crippen molar-refractivity contribution in [2.45, 2.75) is 0 Å². The van der Waals surface area contributed by atoms with Crippen LogP contribution in [0.1, 0.15) is 0 Å². The molecular weight excluding hydrogens is 186 g/mol. The number of hydrogen-bond acceptors (Lipinski definition) is 3. The third kappa shape index (κ3) is 2.07. The third-order valence-corrected chi connectivity index (χ3v) is 2.33. The highest BCUT2D eigenvalue weighted by atomic mass is 15.1. The van der Waals surface area contributed by atoms with Crippen LogP contribution < -0.4 is 10.6 Å². The summed E-state index contributed by atoms with van der Waals surface area (Å²) in [5.74, 6) is 0. The van der Waals surface area contributed by atoms with E-state index in [-0.39, 0.29) is 0 Å². The number of anilines is 3. The number of pyridine rings is 1. The molecule has 2 rings (SSSR count). The number of aromatic nitrogens is 1. The molecule has 76 valence electrons. The van der Waals surface area contributed by atoms with Gasteiger partial charge in [-0.2, -0.15) is 0 Å². The molecule has 0 saturated carbocycles. The second-order valence-corrected chi connectivity index (χ2v) is 3.36. The van der Waals surface area contributed by atoms with Gasteiger partial charge in [0.05, 0.1) is 0 Å². The Bertz CT molecular complexity index is 422. The molecule has 0 unspecified atom stereocenters. The van der Waals surface area contributed by atoms with Crippen molar-refractivity contribution in [2.24, 2.45) is 0 Å². The fourth-order valence-electron chi connectivity index (χ4n) is 1.41. The second-order valence-electron chi connectivity index (χ2n) is 3.36. The molecule has 0 amide bonds. The number of rotatable bonds is 2. The van der Waals surface area contributed by atoms with Gasteiger partial charge in [0.1, 0.15) is 0 Å². The van der Waals surface area contributed by atoms with Gasteiger partial charge < -0.3 is 10.6 Å². The van der Waals surface area contributed by atoms with Crippen molar-refractivity contribution in [2.75, 3.05) is 17.7 Å². The number of hydrogen-bond donors (Lipinski definition) is 1. The van der Waals surface area contributed by atoms with Crippen LogP contribution in [0.15, 0.2) is 48.8 Å². The summed E-state index contributed by atoms with van der Waals surface area (Å²) < 4.78 is 0. The summed E-state index contributed by atoms with van der Waals surface area (Å²) in [6.07, 6.45) is 3.56. The maximum Gasteiger partial charge on any atom is 0.0438 e. The van der Waals surface area contributed by atoms with Gasteiger partial charge in [-0.25, -0.2) is 0 Å². The van der Waals surface area contributed by atoms with Crippen molar-refractivity contribution < 1.29 is 0 Å². The Balaban J connectivity index is 2.29. The maximum atomic E-state index is 5.64. The normalized spacial score (nSPS) is 9.93. The van der Waals surface area contributed by atoms with Crippen LogP contribution in [-0.4, -0.2) is 12.0 Å². The Morgan fingerprint density at radius 1 is 0.933 bits per heavy atom. The van der Waals surface area contributed by atoms with E-state index < -0.39 is 0 Å². The standard InChI is InChI=1S/C12H13N3/c1-15(12-6-8-14-9-7-12)11-4-2-10(13)3-5-11/h2-9H,13H2,1H3. The first-order valence-electron chi connectivity index (χ1n) is 4.76. The lowest BCUT2D eigenvalue weighted by Crippen LogP contribution is -2.09. The van der Waals surface area contributed by atoms with Gasteiger partial charge in [0.2, 0.25) is 0 Å². The van der Waals surface area contributed by atoms with E-state index in [1.165, 1.54) is 0 Å². The Morgan fingerprint density at radius 3 is 2.07 bits per heavy atom. The molecular formula is C12H13N3. The van der Waals surface area contributed by atoms with Gasteiger partial charge in [-0.3, -0.25) is 4.98 Å². The summed E-state index contributed by atoms with van der Waals surface area (Å²) in [6, 6.07) is 11.7. The predicted octanol–water partition coefficient (Wildman–Crippen LogP) is 2.43. The van der Waals surface area contributed by atoms with Crippen LogP contribution in [0.5, 0.6) is 0 Å². The summed E-state index contributed by atoms with van der Waals surface area (Å²) >= 11 is 0. The average molecular weight is 199 g/mol. The Morgan fingerprint density at radius 2 is 1.47 bits per heavy atom. The van der Waals surface area contributed by atoms with Gasteiger partial charge in [0.15, 0.2) is 0 Å². The van der Waals surface area contributed by atoms with E-state index in [4.69, 9.17) is 5.73 Å². The lowest BCUT2D eigenvalue weighted by atomic mass is 10.2. The minimum Gasteiger partial charge on any atom is -0.399 e. The summed E-state index contributed by atoms with van der Waals surface area (Å²) in [6.45, 7) is 0. The highest BCUT2D eigenvalue weighted by molar-refractivity contribution is 5.63. The largest absolute Gasteiger partial charge is 0.399 e. The van der Waals surface area contributed by atoms with Crippen LogP contribution in [0, 0.1) is 0 Å². The molecule has 0 fully saturated rings. The maximum absolute atomic E-state index is 5.64. The fraction of sp³-hybridized carbons (Fsp3) is 0.0833. The molecule has 15 heavy (non-hydrogen) atoms. The molecule has 0 bridgehead atoms. The molecule has 2 aromatic rings. The fourth-order valence-corrected chi connectivity index (χ4v) is 1.41. The monoisotopic (exact) mass is 199 g/mol. The van der Waals surface area contributed by atoms with Gasteiger partial charge >= 0.3 is 0 Å². The van der Waals surface area contributed by atoms with Crippen LogP contribution in [0.4, 0.5) is 17.1 Å². The minimum absolute atomic E-state index is 0.780. The zero-order valence-corrected chi connectivity index (χ0v) is 8.59. The lowest BCUT2D eigenvalue weighted by Gasteiger charge is -2.19. The van der Waals surface area contributed by atoms with Gasteiger partial charge in [0, 0.05) is 36.5 Å². The number of nitrogen functional groups attached to an aromatic ring is 1. The highest BCUT2D eigenvalue weighted by Gasteiger charge is 2.01. The molecule has 2 N–H and O–H groups in total. The van der Waals surface area contributed by atoms with Crippen molar-refractivity contribution >= 4 is 17.1 Å². The zero-order valence-electron chi connectivity index (χ0n) is 8.59. The smallest absolute Gasteiger partial charge is 0.0438 e. The topological polar surface area (TPSA) is 42.2 Å². The molecule has 0 radical (unpaired) electrons. The van der Waals surface area contributed by atoms with Crippen LogP contribution >= 0.6 is 0 Å². The van der Waals surface area contributed by atoms with Crippen molar-refractivity contribution in [3.05, 3.63) is 48.8 Å². The van der Waals surface area contributed by atoms with E-state index in [2.05, 4.69) is 9.88 Å². The number of benzene rings is 1. The molecule has 0 aliphatic carbocycles. The lowest BCUT2D eigenvalue weighted by molar-refractivity contribution is 1.19. The van der Waals surface area contributed by atoms with Crippen molar-refractivity contribution in [3.63, 3.8) is 0 Å². The number of nitrogens with two attached hydrogens (primary N) is 1. The van der Waals surface area contributed by atoms with E-state index in [0.29, 0.717) is 0 Å². The van der Waals surface area contributed by atoms with Crippen molar-refractivity contribution in [3.8, 4) is 0 Å². The van der Waals surface area contributed by atoms with E-state index in [1.54, 1.807) is 12.4 Å². The molecule has 0 atom stereocenters. The Hall–Kier alpha value is -2.03. The summed E-state index contributed by atoms with van der Waals surface area (Å²) in [4.78, 5) is 6.07. The predicted molar refractivity (Wildman–Crippen MR) is 63.2 cm³/mol. The van der Waals surface area contributed by atoms with Gasteiger partial charge in [-0.05, 0) is 36.4 Å². The molecule has 0 spiro atoms. The molecule has 0 aliphatic heterocycles. The van der Waals surface area contributed by atoms with Crippen molar-refractivity contribution in [1.29, 1.82) is 0 Å². The van der Waals surface area contributed by atoms with Crippen molar-refractivity contribution in [1.82, 2.24) is 4.98 Å². The van der Waals surface area contributed by atoms with E-state index in [1.807, 2.05) is 43.4 Å². The van der Waals surface area contributed by atoms with E-state index in [9.17, 15) is 0 Å². The van der Waals surface area contributed by atoms with Crippen LogP contribution in [-0.2, 0) is 0 Å². The first-order chi connectivity index (χ1) is 7.27. The molecule has 0 aliphatic rings. The Labute approximate surface area is 89.2 Å². The van der Waals surface area contributed by atoms with E-state index in [0.717, 1.165) is 17.1 Å². The molecule has 1 aromatic heterocycles. The third-order valence-electron chi connectivity index (χ3n) is 2.33. The molecule has 0 saturated heterocycles. The van der Waals surface area contributed by atoms with Gasteiger partial charge in [0.25, 0.3) is 0 Å². The Kier molecular flexibility index (Phi) is 2.54. The van der Waals surface area contributed by atoms with Crippen LogP contribution in [0.3, 0.4) is 0 Å². The minimum atomic E-state index is 0.780. The molecule has 1 aromatic carbocycles. The summed E-state index contributed by atoms with van der Waals surface area (Å²) in [5.41, 5.74) is 8.63. The first kappa shape index (κ1) is 9.52. The molecule has 1 heterocycles. The van der Waals surface area contributed by atoms with Gasteiger partial charge in [-0.15, -0.1) is 0 Å². The first-order valence-corrected chi connectivity index (χ1v) is 4.76. The zero-order chi connectivity index (χ0) is 10.7. The van der Waals surface area contributed by atoms with E-state index >= 15 is 0 Å². The SMILES string of the molecule is CN(c1ccncc1)c1ccc(N)cc1. The molecule has 3 heteroatoms. The van der Waals surface area contributed by atoms with Gasteiger partial charge in [-0.1, -0.05) is 0 Å². The molecule has 3 nitrogen and oxygen atoms in total.